The van der Waals surface area contributed by atoms with Crippen molar-refractivity contribution in [3.05, 3.63) is 77.9 Å². The molecule has 2 aromatic heterocycles. The summed E-state index contributed by atoms with van der Waals surface area (Å²) >= 11 is 1.39. The van der Waals surface area contributed by atoms with Gasteiger partial charge in [-0.1, -0.05) is 48.5 Å². The van der Waals surface area contributed by atoms with E-state index < -0.39 is 6.04 Å². The normalized spacial score (nSPS) is 12.2. The molecule has 0 fully saturated rings. The number of carbonyl (C=O) groups excluding carboxylic acids is 1. The minimum atomic E-state index is -0.553. The summed E-state index contributed by atoms with van der Waals surface area (Å²) in [6.45, 7) is 0. The summed E-state index contributed by atoms with van der Waals surface area (Å²) < 4.78 is 1.71. The molecule has 6 heteroatoms. The Kier molecular flexibility index (Phi) is 3.80. The zero-order valence-electron chi connectivity index (χ0n) is 12.7. The van der Waals surface area contributed by atoms with E-state index in [2.05, 4.69) is 15.4 Å². The first-order valence-corrected chi connectivity index (χ1v) is 8.38. The summed E-state index contributed by atoms with van der Waals surface area (Å²) in [5.74, 6) is -0.163. The number of fused-ring (bicyclic) bond motifs is 1. The summed E-state index contributed by atoms with van der Waals surface area (Å²) in [6.07, 6.45) is 3.56. The molecule has 0 saturated carbocycles. The van der Waals surface area contributed by atoms with Gasteiger partial charge in [0.1, 0.15) is 0 Å². The number of nitrogens with one attached hydrogen (secondary N) is 1. The van der Waals surface area contributed by atoms with E-state index in [0.717, 1.165) is 16.5 Å². The minimum absolute atomic E-state index is 0.163. The highest BCUT2D eigenvalue weighted by atomic mass is 32.1. The lowest BCUT2D eigenvalue weighted by atomic mass is 10.1. The molecule has 0 radical (unpaired) electrons. The number of rotatable bonds is 4. The standard InChI is InChI=1S/C18H14N4OS/c23-17(20-18-19-10-11-24-18)16(13-6-2-1-3-7-13)22-12-14-8-4-5-9-15(14)21-22/h1-12,16H,(H,19,20,23)/t16-/m1/s1. The highest BCUT2D eigenvalue weighted by molar-refractivity contribution is 7.13. The molecule has 0 aliphatic carbocycles. The van der Waals surface area contributed by atoms with Gasteiger partial charge in [-0.25, -0.2) is 4.98 Å². The Morgan fingerprint density at radius 1 is 1.08 bits per heavy atom. The number of thiazole rings is 1. The quantitative estimate of drug-likeness (QED) is 0.619. The first-order valence-electron chi connectivity index (χ1n) is 7.50. The second-order valence-electron chi connectivity index (χ2n) is 5.31. The first-order chi connectivity index (χ1) is 11.8. The topological polar surface area (TPSA) is 59.8 Å². The number of amides is 1. The van der Waals surface area contributed by atoms with Gasteiger partial charge in [0.05, 0.1) is 5.52 Å². The van der Waals surface area contributed by atoms with Crippen molar-refractivity contribution in [1.29, 1.82) is 0 Å². The van der Waals surface area contributed by atoms with Crippen LogP contribution in [0, 0.1) is 0 Å². The summed E-state index contributed by atoms with van der Waals surface area (Å²) in [4.78, 5) is 17.0. The smallest absolute Gasteiger partial charge is 0.255 e. The second-order valence-corrected chi connectivity index (χ2v) is 6.20. The summed E-state index contributed by atoms with van der Waals surface area (Å²) in [5.41, 5.74) is 1.74. The van der Waals surface area contributed by atoms with Crippen molar-refractivity contribution in [3.63, 3.8) is 0 Å². The van der Waals surface area contributed by atoms with E-state index in [-0.39, 0.29) is 5.91 Å². The average Bonchev–Trinajstić information content (AvgIpc) is 3.25. The maximum Gasteiger partial charge on any atom is 0.255 e. The van der Waals surface area contributed by atoms with Gasteiger partial charge in [-0.15, -0.1) is 11.3 Å². The zero-order valence-corrected chi connectivity index (χ0v) is 13.5. The molecule has 0 saturated heterocycles. The summed E-state index contributed by atoms with van der Waals surface area (Å²) in [6, 6.07) is 16.9. The Balaban J connectivity index is 1.76. The highest BCUT2D eigenvalue weighted by Gasteiger charge is 2.24. The number of carbonyl (C=O) groups is 1. The molecular formula is C18H14N4OS. The third-order valence-electron chi connectivity index (χ3n) is 3.72. The first kappa shape index (κ1) is 14.6. The second kappa shape index (κ2) is 6.25. The van der Waals surface area contributed by atoms with Crippen LogP contribution in [0.15, 0.2) is 72.4 Å². The molecular weight excluding hydrogens is 320 g/mol. The summed E-state index contributed by atoms with van der Waals surface area (Å²) in [5, 5.41) is 10.9. The van der Waals surface area contributed by atoms with Crippen molar-refractivity contribution >= 4 is 33.3 Å². The third-order valence-corrected chi connectivity index (χ3v) is 4.41. The molecule has 0 aliphatic heterocycles. The largest absolute Gasteiger partial charge is 0.300 e. The number of anilines is 1. The number of nitrogens with zero attached hydrogens (tertiary/aromatic N) is 3. The van der Waals surface area contributed by atoms with Gasteiger partial charge in [0.2, 0.25) is 0 Å². The molecule has 118 valence electrons. The Labute approximate surface area is 142 Å². The van der Waals surface area contributed by atoms with Gasteiger partial charge < -0.3 is 0 Å². The van der Waals surface area contributed by atoms with Crippen LogP contribution in [0.1, 0.15) is 11.6 Å². The molecule has 0 aliphatic rings. The van der Waals surface area contributed by atoms with Crippen molar-refractivity contribution < 1.29 is 4.79 Å². The van der Waals surface area contributed by atoms with Crippen LogP contribution in [-0.2, 0) is 4.79 Å². The Hall–Kier alpha value is -2.99. The average molecular weight is 334 g/mol. The van der Waals surface area contributed by atoms with Crippen LogP contribution in [0.3, 0.4) is 0 Å². The highest BCUT2D eigenvalue weighted by Crippen LogP contribution is 2.23. The van der Waals surface area contributed by atoms with E-state index in [0.29, 0.717) is 5.13 Å². The van der Waals surface area contributed by atoms with Crippen molar-refractivity contribution in [2.45, 2.75) is 6.04 Å². The molecule has 1 N–H and O–H groups in total. The summed E-state index contributed by atoms with van der Waals surface area (Å²) in [7, 11) is 0. The number of hydrogen-bond donors (Lipinski definition) is 1. The van der Waals surface area contributed by atoms with Crippen molar-refractivity contribution in [2.75, 3.05) is 5.32 Å². The van der Waals surface area contributed by atoms with Crippen molar-refractivity contribution in [2.24, 2.45) is 0 Å². The van der Waals surface area contributed by atoms with Crippen molar-refractivity contribution in [3.8, 4) is 0 Å². The molecule has 5 nitrogen and oxygen atoms in total. The lowest BCUT2D eigenvalue weighted by molar-refractivity contribution is -0.118. The van der Waals surface area contributed by atoms with Crippen LogP contribution in [-0.4, -0.2) is 20.7 Å². The van der Waals surface area contributed by atoms with Gasteiger partial charge in [-0.2, -0.15) is 5.10 Å². The van der Waals surface area contributed by atoms with Gasteiger partial charge in [-0.05, 0) is 11.6 Å². The number of hydrogen-bond acceptors (Lipinski definition) is 4. The van der Waals surface area contributed by atoms with E-state index in [1.807, 2.05) is 66.2 Å². The molecule has 2 heterocycles. The van der Waals surface area contributed by atoms with E-state index in [1.54, 1.807) is 10.9 Å². The molecule has 1 atom stereocenters. The van der Waals surface area contributed by atoms with Crippen molar-refractivity contribution in [1.82, 2.24) is 14.8 Å². The molecule has 0 bridgehead atoms. The molecule has 0 unspecified atom stereocenters. The van der Waals surface area contributed by atoms with Crippen LogP contribution in [0.25, 0.3) is 10.9 Å². The maximum atomic E-state index is 12.9. The van der Waals surface area contributed by atoms with Crippen LogP contribution in [0.2, 0.25) is 0 Å². The fraction of sp³-hybridized carbons (Fsp3) is 0.0556. The van der Waals surface area contributed by atoms with Gasteiger partial charge in [0.15, 0.2) is 11.2 Å². The number of aromatic nitrogens is 3. The third kappa shape index (κ3) is 2.79. The predicted octanol–water partition coefficient (Wildman–Crippen LogP) is 3.72. The van der Waals surface area contributed by atoms with E-state index in [1.165, 1.54) is 11.3 Å². The molecule has 24 heavy (non-hydrogen) atoms. The Morgan fingerprint density at radius 2 is 1.88 bits per heavy atom. The van der Waals surface area contributed by atoms with Gasteiger partial charge in [0.25, 0.3) is 5.91 Å². The van der Waals surface area contributed by atoms with E-state index >= 15 is 0 Å². The molecule has 1 amide bonds. The van der Waals surface area contributed by atoms with Crippen LogP contribution < -0.4 is 5.32 Å². The van der Waals surface area contributed by atoms with Gasteiger partial charge in [-0.3, -0.25) is 14.8 Å². The molecule has 2 aromatic carbocycles. The van der Waals surface area contributed by atoms with Crippen LogP contribution >= 0.6 is 11.3 Å². The van der Waals surface area contributed by atoms with Crippen LogP contribution in [0.4, 0.5) is 5.13 Å². The lowest BCUT2D eigenvalue weighted by Gasteiger charge is -2.17. The predicted molar refractivity (Wildman–Crippen MR) is 95.1 cm³/mol. The molecule has 4 aromatic rings. The van der Waals surface area contributed by atoms with Gasteiger partial charge in [0, 0.05) is 23.2 Å². The van der Waals surface area contributed by atoms with Crippen LogP contribution in [0.5, 0.6) is 0 Å². The Bertz CT molecular complexity index is 930. The maximum absolute atomic E-state index is 12.9. The number of benzene rings is 2. The molecule has 0 spiro atoms. The lowest BCUT2D eigenvalue weighted by Crippen LogP contribution is -2.27. The van der Waals surface area contributed by atoms with E-state index in [4.69, 9.17) is 0 Å². The molecule has 4 rings (SSSR count). The SMILES string of the molecule is O=C(Nc1nccs1)[C@@H](c1ccccc1)n1cc2ccccc2n1. The Morgan fingerprint density at radius 3 is 2.62 bits per heavy atom. The fourth-order valence-electron chi connectivity index (χ4n) is 2.63. The van der Waals surface area contributed by atoms with E-state index in [9.17, 15) is 4.79 Å². The zero-order chi connectivity index (χ0) is 16.4. The minimum Gasteiger partial charge on any atom is -0.300 e. The monoisotopic (exact) mass is 334 g/mol. The fourth-order valence-corrected chi connectivity index (χ4v) is 3.17. The van der Waals surface area contributed by atoms with Gasteiger partial charge >= 0.3 is 0 Å².